The molecule has 1 N–H and O–H groups in total. The van der Waals surface area contributed by atoms with Crippen LogP contribution in [0.1, 0.15) is 89.0 Å². The van der Waals surface area contributed by atoms with Crippen molar-refractivity contribution in [3.05, 3.63) is 47.2 Å². The first-order valence-corrected chi connectivity index (χ1v) is 10.9. The summed E-state index contributed by atoms with van der Waals surface area (Å²) in [5.41, 5.74) is 1.10. The van der Waals surface area contributed by atoms with Crippen LogP contribution in [0, 0.1) is 5.92 Å². The molecule has 3 amide bonds. The summed E-state index contributed by atoms with van der Waals surface area (Å²) < 4.78 is 1.85. The van der Waals surface area contributed by atoms with E-state index in [0.29, 0.717) is 28.4 Å². The molecule has 2 saturated carbocycles. The van der Waals surface area contributed by atoms with Gasteiger partial charge in [0, 0.05) is 17.7 Å². The lowest BCUT2D eigenvalue weighted by Crippen LogP contribution is -2.40. The molecule has 1 aromatic heterocycles. The van der Waals surface area contributed by atoms with E-state index in [1.807, 2.05) is 4.68 Å². The molecule has 7 nitrogen and oxygen atoms in total. The first kappa shape index (κ1) is 19.0. The molecule has 0 saturated heterocycles. The number of benzene rings is 1. The third-order valence-corrected chi connectivity index (χ3v) is 6.72. The maximum Gasteiger partial charge on any atom is 0.261 e. The number of fused-ring (bicyclic) bond motifs is 1. The lowest BCUT2D eigenvalue weighted by molar-refractivity contribution is 0.0549. The standard InChI is InChI=1S/C23H26N4O3/c1-14(15-7-8-15)27-20(11-12-24-27)25-21(28)16-9-10-18-19(13-16)23(30)26(22(18)29)17-5-3-2-4-6-17/h9-15,17H,2-8H2,1H3,(H,25,28). The zero-order chi connectivity index (χ0) is 20.8. The number of imide groups is 1. The van der Waals surface area contributed by atoms with Crippen LogP contribution in [-0.2, 0) is 0 Å². The second-order valence-corrected chi connectivity index (χ2v) is 8.73. The summed E-state index contributed by atoms with van der Waals surface area (Å²) in [5.74, 6) is 0.439. The molecular weight excluding hydrogens is 380 g/mol. The Morgan fingerprint density at radius 3 is 2.50 bits per heavy atom. The van der Waals surface area contributed by atoms with E-state index in [9.17, 15) is 14.4 Å². The van der Waals surface area contributed by atoms with E-state index in [2.05, 4.69) is 17.3 Å². The normalized spacial score (nSPS) is 20.4. The quantitative estimate of drug-likeness (QED) is 0.760. The highest BCUT2D eigenvalue weighted by Crippen LogP contribution is 2.40. The molecule has 0 bridgehead atoms. The number of hydrogen-bond donors (Lipinski definition) is 1. The molecule has 30 heavy (non-hydrogen) atoms. The van der Waals surface area contributed by atoms with Crippen molar-refractivity contribution in [1.29, 1.82) is 0 Å². The van der Waals surface area contributed by atoms with E-state index >= 15 is 0 Å². The molecule has 1 unspecified atom stereocenters. The molecule has 2 aromatic rings. The Bertz CT molecular complexity index is 1020. The largest absolute Gasteiger partial charge is 0.307 e. The molecule has 0 radical (unpaired) electrons. The number of rotatable bonds is 5. The lowest BCUT2D eigenvalue weighted by atomic mass is 9.94. The molecule has 1 aromatic carbocycles. The average molecular weight is 406 g/mol. The number of amides is 3. The predicted octanol–water partition coefficient (Wildman–Crippen LogP) is 4.04. The summed E-state index contributed by atoms with van der Waals surface area (Å²) >= 11 is 0. The van der Waals surface area contributed by atoms with Crippen molar-refractivity contribution >= 4 is 23.5 Å². The van der Waals surface area contributed by atoms with Crippen LogP contribution in [0.25, 0.3) is 0 Å². The minimum atomic E-state index is -0.307. The highest BCUT2D eigenvalue weighted by Gasteiger charge is 2.40. The van der Waals surface area contributed by atoms with Crippen LogP contribution in [0.5, 0.6) is 0 Å². The van der Waals surface area contributed by atoms with Gasteiger partial charge in [-0.1, -0.05) is 19.3 Å². The number of carbonyl (C=O) groups excluding carboxylic acids is 3. The van der Waals surface area contributed by atoms with Gasteiger partial charge in [0.2, 0.25) is 0 Å². The van der Waals surface area contributed by atoms with Gasteiger partial charge in [-0.05, 0) is 56.7 Å². The number of aromatic nitrogens is 2. The molecule has 2 aliphatic carbocycles. The Kier molecular flexibility index (Phi) is 4.68. The van der Waals surface area contributed by atoms with Gasteiger partial charge in [-0.2, -0.15) is 5.10 Å². The second-order valence-electron chi connectivity index (χ2n) is 8.73. The van der Waals surface area contributed by atoms with Crippen LogP contribution in [-0.4, -0.2) is 38.4 Å². The fraction of sp³-hybridized carbons (Fsp3) is 0.478. The first-order valence-electron chi connectivity index (χ1n) is 10.9. The van der Waals surface area contributed by atoms with Crippen LogP contribution in [0.4, 0.5) is 5.82 Å². The van der Waals surface area contributed by atoms with Crippen LogP contribution >= 0.6 is 0 Å². The number of hydrogen-bond acceptors (Lipinski definition) is 4. The topological polar surface area (TPSA) is 84.3 Å². The first-order chi connectivity index (χ1) is 14.5. The molecule has 156 valence electrons. The number of anilines is 1. The maximum absolute atomic E-state index is 13.0. The number of carbonyl (C=O) groups is 3. The summed E-state index contributed by atoms with van der Waals surface area (Å²) in [5, 5.41) is 7.28. The van der Waals surface area contributed by atoms with Crippen LogP contribution in [0.2, 0.25) is 0 Å². The van der Waals surface area contributed by atoms with E-state index in [4.69, 9.17) is 0 Å². The Balaban J connectivity index is 1.36. The van der Waals surface area contributed by atoms with Crippen LogP contribution in [0.3, 0.4) is 0 Å². The lowest BCUT2D eigenvalue weighted by Gasteiger charge is -2.29. The Labute approximate surface area is 175 Å². The molecule has 1 aliphatic heterocycles. The average Bonchev–Trinajstić information content (AvgIpc) is 3.47. The van der Waals surface area contributed by atoms with Crippen molar-refractivity contribution < 1.29 is 14.4 Å². The van der Waals surface area contributed by atoms with Crippen LogP contribution < -0.4 is 5.32 Å². The predicted molar refractivity (Wildman–Crippen MR) is 111 cm³/mol. The van der Waals surface area contributed by atoms with Crippen molar-refractivity contribution in [3.8, 4) is 0 Å². The molecule has 7 heteroatoms. The van der Waals surface area contributed by atoms with Crippen LogP contribution in [0.15, 0.2) is 30.5 Å². The Hall–Kier alpha value is -2.96. The molecule has 3 aliphatic rings. The highest BCUT2D eigenvalue weighted by molar-refractivity contribution is 6.22. The van der Waals surface area contributed by atoms with Gasteiger partial charge in [0.25, 0.3) is 17.7 Å². The summed E-state index contributed by atoms with van der Waals surface area (Å²) in [6, 6.07) is 6.77. The second kappa shape index (κ2) is 7.38. The van der Waals surface area contributed by atoms with Gasteiger partial charge in [0.05, 0.1) is 23.4 Å². The smallest absolute Gasteiger partial charge is 0.261 e. The van der Waals surface area contributed by atoms with Gasteiger partial charge in [-0.25, -0.2) is 4.68 Å². The van der Waals surface area contributed by atoms with Gasteiger partial charge < -0.3 is 5.32 Å². The van der Waals surface area contributed by atoms with Crippen molar-refractivity contribution in [2.45, 2.75) is 64.0 Å². The zero-order valence-electron chi connectivity index (χ0n) is 17.1. The molecule has 1 atom stereocenters. The van der Waals surface area contributed by atoms with Crippen molar-refractivity contribution in [3.63, 3.8) is 0 Å². The van der Waals surface area contributed by atoms with E-state index in [-0.39, 0.29) is 29.8 Å². The van der Waals surface area contributed by atoms with Gasteiger partial charge >= 0.3 is 0 Å². The van der Waals surface area contributed by atoms with Gasteiger partial charge in [0.1, 0.15) is 5.82 Å². The van der Waals surface area contributed by atoms with E-state index in [1.165, 1.54) is 17.7 Å². The van der Waals surface area contributed by atoms with Gasteiger partial charge in [-0.15, -0.1) is 0 Å². The van der Waals surface area contributed by atoms with E-state index in [1.54, 1.807) is 30.5 Å². The van der Waals surface area contributed by atoms with Crippen molar-refractivity contribution in [2.24, 2.45) is 5.92 Å². The molecule has 2 fully saturated rings. The Morgan fingerprint density at radius 2 is 1.77 bits per heavy atom. The van der Waals surface area contributed by atoms with Gasteiger partial charge in [-0.3, -0.25) is 19.3 Å². The summed E-state index contributed by atoms with van der Waals surface area (Å²) in [4.78, 5) is 40.1. The summed E-state index contributed by atoms with van der Waals surface area (Å²) in [6.45, 7) is 2.11. The number of nitrogens with one attached hydrogen (secondary N) is 1. The third kappa shape index (κ3) is 3.22. The SMILES string of the molecule is CC(C1CC1)n1nccc1NC(=O)c1ccc2c(c1)C(=O)N(C1CCCCC1)C2=O. The molecule has 2 heterocycles. The summed E-state index contributed by atoms with van der Waals surface area (Å²) in [6.07, 6.45) is 9.02. The molecule has 0 spiro atoms. The minimum Gasteiger partial charge on any atom is -0.307 e. The monoisotopic (exact) mass is 406 g/mol. The van der Waals surface area contributed by atoms with E-state index in [0.717, 1.165) is 32.1 Å². The fourth-order valence-electron chi connectivity index (χ4n) is 4.78. The summed E-state index contributed by atoms with van der Waals surface area (Å²) in [7, 11) is 0. The van der Waals surface area contributed by atoms with Crippen molar-refractivity contribution in [2.75, 3.05) is 5.32 Å². The highest BCUT2D eigenvalue weighted by atomic mass is 16.2. The minimum absolute atomic E-state index is 0.0262. The van der Waals surface area contributed by atoms with E-state index < -0.39 is 0 Å². The zero-order valence-corrected chi connectivity index (χ0v) is 17.1. The maximum atomic E-state index is 13.0. The van der Waals surface area contributed by atoms with Crippen molar-refractivity contribution in [1.82, 2.24) is 14.7 Å². The number of nitrogens with zero attached hydrogens (tertiary/aromatic N) is 3. The Morgan fingerprint density at radius 1 is 1.03 bits per heavy atom. The van der Waals surface area contributed by atoms with Gasteiger partial charge in [0.15, 0.2) is 0 Å². The molecular formula is C23H26N4O3. The third-order valence-electron chi connectivity index (χ3n) is 6.72. The molecule has 5 rings (SSSR count). The fourth-order valence-corrected chi connectivity index (χ4v) is 4.78.